The molecule has 0 aliphatic heterocycles. The molecule has 98 valence electrons. The smallest absolute Gasteiger partial charge is 0.138 e. The molecule has 0 fully saturated rings. The zero-order chi connectivity index (χ0) is 13.1. The molecule has 2 aromatic rings. The summed E-state index contributed by atoms with van der Waals surface area (Å²) in [6.07, 6.45) is 3.82. The summed E-state index contributed by atoms with van der Waals surface area (Å²) in [6.45, 7) is 9.70. The Morgan fingerprint density at radius 1 is 1.39 bits per heavy atom. The number of rotatable bonds is 5. The lowest BCUT2D eigenvalue weighted by Crippen LogP contribution is -2.24. The number of nitrogens with one attached hydrogen (secondary N) is 1. The topological polar surface area (TPSA) is 55.9 Å². The van der Waals surface area contributed by atoms with Gasteiger partial charge >= 0.3 is 0 Å². The van der Waals surface area contributed by atoms with E-state index < -0.39 is 0 Å². The molecule has 2 heterocycles. The lowest BCUT2D eigenvalue weighted by atomic mass is 10.2. The van der Waals surface area contributed by atoms with Crippen molar-refractivity contribution in [2.45, 2.75) is 46.8 Å². The van der Waals surface area contributed by atoms with Gasteiger partial charge in [-0.3, -0.25) is 0 Å². The number of aryl methyl sites for hydroxylation is 2. The summed E-state index contributed by atoms with van der Waals surface area (Å²) in [6, 6.07) is 0.453. The Labute approximate surface area is 107 Å². The number of nitrogens with zero attached hydrogens (tertiary/aromatic N) is 3. The summed E-state index contributed by atoms with van der Waals surface area (Å²) in [5.41, 5.74) is 2.09. The predicted molar refractivity (Wildman–Crippen MR) is 69.3 cm³/mol. The first kappa shape index (κ1) is 12.8. The first-order valence-electron chi connectivity index (χ1n) is 6.23. The highest BCUT2D eigenvalue weighted by atomic mass is 16.5. The molecule has 5 heteroatoms. The minimum Gasteiger partial charge on any atom is -0.361 e. The Kier molecular flexibility index (Phi) is 3.81. The Morgan fingerprint density at radius 3 is 2.78 bits per heavy atom. The van der Waals surface area contributed by atoms with Gasteiger partial charge in [-0.1, -0.05) is 19.0 Å². The highest BCUT2D eigenvalue weighted by Crippen LogP contribution is 2.14. The minimum absolute atomic E-state index is 0.453. The molecule has 0 spiro atoms. The standard InChI is InChI=1S/C13H20N4O/c1-9(2)15-7-13-14-5-6-17(13)8-12-10(3)16-18-11(12)4/h5-6,9,15H,7-8H2,1-4H3. The van der Waals surface area contributed by atoms with Crippen LogP contribution >= 0.6 is 0 Å². The molecule has 0 atom stereocenters. The van der Waals surface area contributed by atoms with Gasteiger partial charge in [0, 0.05) is 24.0 Å². The zero-order valence-electron chi connectivity index (χ0n) is 11.4. The maximum Gasteiger partial charge on any atom is 0.138 e. The molecule has 18 heavy (non-hydrogen) atoms. The van der Waals surface area contributed by atoms with Gasteiger partial charge in [-0.25, -0.2) is 4.98 Å². The normalized spacial score (nSPS) is 11.4. The van der Waals surface area contributed by atoms with Crippen LogP contribution < -0.4 is 5.32 Å². The van der Waals surface area contributed by atoms with E-state index in [1.54, 1.807) is 0 Å². The molecule has 0 unspecified atom stereocenters. The quantitative estimate of drug-likeness (QED) is 0.879. The average molecular weight is 248 g/mol. The van der Waals surface area contributed by atoms with Gasteiger partial charge in [0.1, 0.15) is 11.6 Å². The largest absolute Gasteiger partial charge is 0.361 e. The summed E-state index contributed by atoms with van der Waals surface area (Å²) < 4.78 is 7.31. The van der Waals surface area contributed by atoms with Crippen molar-refractivity contribution in [2.24, 2.45) is 0 Å². The van der Waals surface area contributed by atoms with E-state index in [-0.39, 0.29) is 0 Å². The third-order valence-electron chi connectivity index (χ3n) is 2.98. The van der Waals surface area contributed by atoms with Crippen LogP contribution in [0.3, 0.4) is 0 Å². The van der Waals surface area contributed by atoms with Crippen molar-refractivity contribution < 1.29 is 4.52 Å². The summed E-state index contributed by atoms with van der Waals surface area (Å²) in [5, 5.41) is 7.35. The first-order valence-corrected chi connectivity index (χ1v) is 6.23. The highest BCUT2D eigenvalue weighted by molar-refractivity contribution is 5.21. The van der Waals surface area contributed by atoms with Crippen LogP contribution in [0.5, 0.6) is 0 Å². The highest BCUT2D eigenvalue weighted by Gasteiger charge is 2.11. The van der Waals surface area contributed by atoms with Gasteiger partial charge < -0.3 is 14.4 Å². The molecular formula is C13H20N4O. The third kappa shape index (κ3) is 2.79. The number of hydrogen-bond donors (Lipinski definition) is 1. The number of imidazole rings is 1. The Bertz CT molecular complexity index is 493. The molecular weight excluding hydrogens is 228 g/mol. The second kappa shape index (κ2) is 5.35. The van der Waals surface area contributed by atoms with Gasteiger partial charge in [-0.2, -0.15) is 0 Å². The molecule has 0 aliphatic carbocycles. The van der Waals surface area contributed by atoms with Crippen molar-refractivity contribution in [1.82, 2.24) is 20.0 Å². The molecule has 5 nitrogen and oxygen atoms in total. The fourth-order valence-electron chi connectivity index (χ4n) is 1.84. The van der Waals surface area contributed by atoms with Crippen LogP contribution in [0, 0.1) is 13.8 Å². The first-order chi connectivity index (χ1) is 8.58. The van der Waals surface area contributed by atoms with Crippen LogP contribution in [0.1, 0.15) is 36.7 Å². The monoisotopic (exact) mass is 248 g/mol. The van der Waals surface area contributed by atoms with Gasteiger partial charge in [-0.15, -0.1) is 0 Å². The Morgan fingerprint density at radius 2 is 2.17 bits per heavy atom. The van der Waals surface area contributed by atoms with E-state index in [0.717, 1.165) is 35.9 Å². The van der Waals surface area contributed by atoms with E-state index in [4.69, 9.17) is 4.52 Å². The molecule has 0 saturated heterocycles. The van der Waals surface area contributed by atoms with Gasteiger partial charge in [0.05, 0.1) is 18.8 Å². The average Bonchev–Trinajstić information content (AvgIpc) is 2.88. The van der Waals surface area contributed by atoms with Crippen molar-refractivity contribution in [3.05, 3.63) is 35.2 Å². The minimum atomic E-state index is 0.453. The third-order valence-corrected chi connectivity index (χ3v) is 2.98. The zero-order valence-corrected chi connectivity index (χ0v) is 11.4. The predicted octanol–water partition coefficient (Wildman–Crippen LogP) is 2.03. The van der Waals surface area contributed by atoms with Gasteiger partial charge in [0.25, 0.3) is 0 Å². The number of aromatic nitrogens is 3. The van der Waals surface area contributed by atoms with Crippen LogP contribution in [0.4, 0.5) is 0 Å². The summed E-state index contributed by atoms with van der Waals surface area (Å²) in [7, 11) is 0. The van der Waals surface area contributed by atoms with Crippen molar-refractivity contribution in [3.63, 3.8) is 0 Å². The van der Waals surface area contributed by atoms with E-state index in [0.29, 0.717) is 6.04 Å². The van der Waals surface area contributed by atoms with Gasteiger partial charge in [-0.05, 0) is 13.8 Å². The summed E-state index contributed by atoms with van der Waals surface area (Å²) in [5.74, 6) is 1.91. The number of hydrogen-bond acceptors (Lipinski definition) is 4. The van der Waals surface area contributed by atoms with E-state index in [1.807, 2.05) is 26.2 Å². The van der Waals surface area contributed by atoms with Crippen molar-refractivity contribution in [1.29, 1.82) is 0 Å². The van der Waals surface area contributed by atoms with Crippen LogP contribution in [0.2, 0.25) is 0 Å². The molecule has 2 aromatic heterocycles. The Hall–Kier alpha value is -1.62. The lowest BCUT2D eigenvalue weighted by Gasteiger charge is -2.10. The molecule has 0 radical (unpaired) electrons. The van der Waals surface area contributed by atoms with E-state index in [9.17, 15) is 0 Å². The second-order valence-electron chi connectivity index (χ2n) is 4.81. The van der Waals surface area contributed by atoms with Gasteiger partial charge in [0.15, 0.2) is 0 Å². The van der Waals surface area contributed by atoms with Gasteiger partial charge in [0.2, 0.25) is 0 Å². The second-order valence-corrected chi connectivity index (χ2v) is 4.81. The molecule has 1 N–H and O–H groups in total. The van der Waals surface area contributed by atoms with E-state index >= 15 is 0 Å². The maximum atomic E-state index is 5.18. The molecule has 0 saturated carbocycles. The molecule has 0 aromatic carbocycles. The van der Waals surface area contributed by atoms with E-state index in [2.05, 4.69) is 33.9 Å². The molecule has 0 bridgehead atoms. The molecule has 0 aliphatic rings. The van der Waals surface area contributed by atoms with Crippen LogP contribution in [0.25, 0.3) is 0 Å². The lowest BCUT2D eigenvalue weighted by molar-refractivity contribution is 0.392. The van der Waals surface area contributed by atoms with Crippen LogP contribution in [-0.2, 0) is 13.1 Å². The molecule has 2 rings (SSSR count). The summed E-state index contributed by atoms with van der Waals surface area (Å²) >= 11 is 0. The van der Waals surface area contributed by atoms with Crippen molar-refractivity contribution in [2.75, 3.05) is 0 Å². The fraction of sp³-hybridized carbons (Fsp3) is 0.538. The SMILES string of the molecule is Cc1noc(C)c1Cn1ccnc1CNC(C)C. The maximum absolute atomic E-state index is 5.18. The van der Waals surface area contributed by atoms with Crippen LogP contribution in [0.15, 0.2) is 16.9 Å². The fourth-order valence-corrected chi connectivity index (χ4v) is 1.84. The van der Waals surface area contributed by atoms with Crippen LogP contribution in [-0.4, -0.2) is 20.7 Å². The van der Waals surface area contributed by atoms with E-state index in [1.165, 1.54) is 0 Å². The molecule has 0 amide bonds. The Balaban J connectivity index is 2.12. The van der Waals surface area contributed by atoms with Crippen molar-refractivity contribution >= 4 is 0 Å². The van der Waals surface area contributed by atoms with Crippen molar-refractivity contribution in [3.8, 4) is 0 Å². The summed E-state index contributed by atoms with van der Waals surface area (Å²) in [4.78, 5) is 4.38.